The minimum Gasteiger partial charge on any atom is -0.483 e. The largest absolute Gasteiger partial charge is 0.483 e. The van der Waals surface area contributed by atoms with Crippen LogP contribution < -0.4 is 15.8 Å². The first kappa shape index (κ1) is 15.1. The number of para-hydroxylation sites is 1. The van der Waals surface area contributed by atoms with Gasteiger partial charge in [-0.25, -0.2) is 0 Å². The Kier molecular flexibility index (Phi) is 4.73. The molecule has 0 atom stereocenters. The van der Waals surface area contributed by atoms with Crippen molar-refractivity contribution in [3.8, 4) is 11.8 Å². The average Bonchev–Trinajstić information content (AvgIpc) is 2.54. The van der Waals surface area contributed by atoms with E-state index in [4.69, 9.17) is 15.7 Å². The summed E-state index contributed by atoms with van der Waals surface area (Å²) < 4.78 is 5.31. The molecule has 6 heteroatoms. The number of benzene rings is 2. The molecule has 0 aliphatic heterocycles. The van der Waals surface area contributed by atoms with Crippen molar-refractivity contribution in [3.63, 3.8) is 0 Å². The second-order valence-electron chi connectivity index (χ2n) is 4.39. The lowest BCUT2D eigenvalue weighted by Crippen LogP contribution is -2.21. The molecule has 2 aromatic carbocycles. The number of nitrogens with two attached hydrogens (primary N) is 1. The van der Waals surface area contributed by atoms with Crippen molar-refractivity contribution in [2.24, 2.45) is 5.73 Å². The summed E-state index contributed by atoms with van der Waals surface area (Å²) in [7, 11) is 0. The third-order valence-electron chi connectivity index (χ3n) is 2.81. The van der Waals surface area contributed by atoms with Crippen molar-refractivity contribution in [2.75, 3.05) is 11.9 Å². The summed E-state index contributed by atoms with van der Waals surface area (Å²) in [5.41, 5.74) is 6.50. The van der Waals surface area contributed by atoms with Gasteiger partial charge < -0.3 is 15.8 Å². The molecule has 0 fully saturated rings. The standard InChI is InChI=1S/C16H13N3O3/c17-9-11-5-7-12(8-6-11)19-15(20)10-22-14-4-2-1-3-13(14)16(18)21/h1-8H,10H2,(H2,18,21)(H,19,20). The second kappa shape index (κ2) is 6.90. The highest BCUT2D eigenvalue weighted by molar-refractivity contribution is 5.96. The third kappa shape index (κ3) is 3.84. The van der Waals surface area contributed by atoms with E-state index in [2.05, 4.69) is 5.32 Å². The van der Waals surface area contributed by atoms with E-state index in [1.807, 2.05) is 6.07 Å². The summed E-state index contributed by atoms with van der Waals surface area (Å²) in [6.07, 6.45) is 0. The quantitative estimate of drug-likeness (QED) is 0.875. The van der Waals surface area contributed by atoms with Gasteiger partial charge in [0.25, 0.3) is 11.8 Å². The van der Waals surface area contributed by atoms with Crippen LogP contribution in [-0.4, -0.2) is 18.4 Å². The Balaban J connectivity index is 1.95. The van der Waals surface area contributed by atoms with Gasteiger partial charge in [0.15, 0.2) is 6.61 Å². The third-order valence-corrected chi connectivity index (χ3v) is 2.81. The van der Waals surface area contributed by atoms with Crippen molar-refractivity contribution in [3.05, 3.63) is 59.7 Å². The van der Waals surface area contributed by atoms with Crippen LogP contribution in [0.15, 0.2) is 48.5 Å². The lowest BCUT2D eigenvalue weighted by atomic mass is 10.2. The fraction of sp³-hybridized carbons (Fsp3) is 0.0625. The highest BCUT2D eigenvalue weighted by atomic mass is 16.5. The Morgan fingerprint density at radius 1 is 1.14 bits per heavy atom. The number of anilines is 1. The summed E-state index contributed by atoms with van der Waals surface area (Å²) in [6, 6.07) is 14.8. The van der Waals surface area contributed by atoms with Gasteiger partial charge in [-0.3, -0.25) is 9.59 Å². The maximum absolute atomic E-state index is 11.8. The van der Waals surface area contributed by atoms with Crippen molar-refractivity contribution in [1.29, 1.82) is 5.26 Å². The normalized spacial score (nSPS) is 9.59. The van der Waals surface area contributed by atoms with Crippen LogP contribution in [0.2, 0.25) is 0 Å². The second-order valence-corrected chi connectivity index (χ2v) is 4.39. The van der Waals surface area contributed by atoms with E-state index >= 15 is 0 Å². The lowest BCUT2D eigenvalue weighted by Gasteiger charge is -2.09. The van der Waals surface area contributed by atoms with E-state index < -0.39 is 5.91 Å². The predicted octanol–water partition coefficient (Wildman–Crippen LogP) is 1.67. The zero-order valence-electron chi connectivity index (χ0n) is 11.6. The number of ether oxygens (including phenoxy) is 1. The van der Waals surface area contributed by atoms with E-state index in [1.165, 1.54) is 6.07 Å². The van der Waals surface area contributed by atoms with Crippen LogP contribution in [0.3, 0.4) is 0 Å². The summed E-state index contributed by atoms with van der Waals surface area (Å²) >= 11 is 0. The monoisotopic (exact) mass is 295 g/mol. The first-order valence-electron chi connectivity index (χ1n) is 6.42. The molecular formula is C16H13N3O3. The van der Waals surface area contributed by atoms with E-state index in [0.29, 0.717) is 11.3 Å². The molecule has 0 aliphatic rings. The Hall–Kier alpha value is -3.33. The molecule has 110 valence electrons. The lowest BCUT2D eigenvalue weighted by molar-refractivity contribution is -0.118. The Morgan fingerprint density at radius 3 is 2.45 bits per heavy atom. The summed E-state index contributed by atoms with van der Waals surface area (Å²) in [5.74, 6) is -0.753. The molecule has 3 N–H and O–H groups in total. The zero-order chi connectivity index (χ0) is 15.9. The van der Waals surface area contributed by atoms with Gasteiger partial charge in [0.2, 0.25) is 0 Å². The molecule has 0 saturated heterocycles. The van der Waals surface area contributed by atoms with Gasteiger partial charge in [0, 0.05) is 5.69 Å². The number of carbonyl (C=O) groups is 2. The summed E-state index contributed by atoms with van der Waals surface area (Å²) in [5, 5.41) is 11.3. The highest BCUT2D eigenvalue weighted by Gasteiger charge is 2.10. The molecule has 0 unspecified atom stereocenters. The number of hydrogen-bond acceptors (Lipinski definition) is 4. The number of nitriles is 1. The molecule has 0 spiro atoms. The van der Waals surface area contributed by atoms with Crippen LogP contribution in [0.1, 0.15) is 15.9 Å². The molecule has 2 aromatic rings. The van der Waals surface area contributed by atoms with Gasteiger partial charge in [-0.2, -0.15) is 5.26 Å². The molecule has 0 radical (unpaired) electrons. The molecule has 2 rings (SSSR count). The van der Waals surface area contributed by atoms with Gasteiger partial charge in [-0.15, -0.1) is 0 Å². The topological polar surface area (TPSA) is 105 Å². The van der Waals surface area contributed by atoms with Gasteiger partial charge >= 0.3 is 0 Å². The molecule has 0 aromatic heterocycles. The molecule has 2 amide bonds. The average molecular weight is 295 g/mol. The number of nitrogens with one attached hydrogen (secondary N) is 1. The molecule has 0 bridgehead atoms. The fourth-order valence-corrected chi connectivity index (χ4v) is 1.76. The van der Waals surface area contributed by atoms with Gasteiger partial charge in [0.1, 0.15) is 5.75 Å². The van der Waals surface area contributed by atoms with E-state index in [9.17, 15) is 9.59 Å². The van der Waals surface area contributed by atoms with E-state index in [0.717, 1.165) is 0 Å². The maximum atomic E-state index is 11.8. The molecule has 6 nitrogen and oxygen atoms in total. The highest BCUT2D eigenvalue weighted by Crippen LogP contribution is 2.17. The summed E-state index contributed by atoms with van der Waals surface area (Å²) in [6.45, 7) is -0.260. The smallest absolute Gasteiger partial charge is 0.262 e. The number of carbonyl (C=O) groups excluding carboxylic acids is 2. The van der Waals surface area contributed by atoms with Crippen LogP contribution in [0.4, 0.5) is 5.69 Å². The molecule has 0 aliphatic carbocycles. The molecule has 0 saturated carbocycles. The van der Waals surface area contributed by atoms with Gasteiger partial charge in [-0.05, 0) is 36.4 Å². The predicted molar refractivity (Wildman–Crippen MR) is 80.2 cm³/mol. The minimum atomic E-state index is -0.622. The molecular weight excluding hydrogens is 282 g/mol. The Morgan fingerprint density at radius 2 is 1.82 bits per heavy atom. The van der Waals surface area contributed by atoms with Crippen molar-refractivity contribution >= 4 is 17.5 Å². The minimum absolute atomic E-state index is 0.216. The van der Waals surface area contributed by atoms with Crippen LogP contribution >= 0.6 is 0 Å². The van der Waals surface area contributed by atoms with Gasteiger partial charge in [0.05, 0.1) is 17.2 Å². The van der Waals surface area contributed by atoms with Crippen LogP contribution in [0.5, 0.6) is 5.75 Å². The van der Waals surface area contributed by atoms with Crippen molar-refractivity contribution in [1.82, 2.24) is 0 Å². The Labute approximate surface area is 127 Å². The zero-order valence-corrected chi connectivity index (χ0v) is 11.6. The van der Waals surface area contributed by atoms with E-state index in [-0.39, 0.29) is 23.8 Å². The summed E-state index contributed by atoms with van der Waals surface area (Å²) in [4.78, 5) is 23.0. The first-order chi connectivity index (χ1) is 10.6. The van der Waals surface area contributed by atoms with Crippen LogP contribution in [0, 0.1) is 11.3 Å². The Bertz CT molecular complexity index is 733. The van der Waals surface area contributed by atoms with Crippen LogP contribution in [0.25, 0.3) is 0 Å². The SMILES string of the molecule is N#Cc1ccc(NC(=O)COc2ccccc2C(N)=O)cc1. The molecule has 0 heterocycles. The first-order valence-corrected chi connectivity index (χ1v) is 6.42. The number of nitrogens with zero attached hydrogens (tertiary/aromatic N) is 1. The molecule has 22 heavy (non-hydrogen) atoms. The van der Waals surface area contributed by atoms with Crippen molar-refractivity contribution < 1.29 is 14.3 Å². The number of primary amides is 1. The maximum Gasteiger partial charge on any atom is 0.262 e. The number of hydrogen-bond donors (Lipinski definition) is 2. The fourth-order valence-electron chi connectivity index (χ4n) is 1.76. The van der Waals surface area contributed by atoms with Crippen molar-refractivity contribution in [2.45, 2.75) is 0 Å². The van der Waals surface area contributed by atoms with Crippen LogP contribution in [-0.2, 0) is 4.79 Å². The van der Waals surface area contributed by atoms with Gasteiger partial charge in [-0.1, -0.05) is 12.1 Å². The van der Waals surface area contributed by atoms with E-state index in [1.54, 1.807) is 42.5 Å². The number of amides is 2. The number of rotatable bonds is 5.